The SMILES string of the molecule is COC(=O)c1ccc(COC(=O)CSCC(=O)Nc2ccccc2F)cc1. The molecule has 1 N–H and O–H groups in total. The second-order valence-electron chi connectivity index (χ2n) is 5.37. The highest BCUT2D eigenvalue weighted by Gasteiger charge is 2.10. The van der Waals surface area contributed by atoms with Gasteiger partial charge in [0.2, 0.25) is 5.91 Å². The molecule has 0 unspecified atom stereocenters. The number of esters is 2. The third kappa shape index (κ3) is 6.74. The van der Waals surface area contributed by atoms with Crippen LogP contribution in [0.15, 0.2) is 48.5 Å². The highest BCUT2D eigenvalue weighted by Crippen LogP contribution is 2.13. The van der Waals surface area contributed by atoms with Crippen molar-refractivity contribution in [2.24, 2.45) is 0 Å². The topological polar surface area (TPSA) is 81.7 Å². The van der Waals surface area contributed by atoms with Gasteiger partial charge < -0.3 is 14.8 Å². The smallest absolute Gasteiger partial charge is 0.337 e. The van der Waals surface area contributed by atoms with Crippen LogP contribution in [0.1, 0.15) is 15.9 Å². The second kappa shape index (κ2) is 10.3. The minimum Gasteiger partial charge on any atom is -0.465 e. The van der Waals surface area contributed by atoms with Crippen LogP contribution < -0.4 is 5.32 Å². The van der Waals surface area contributed by atoms with Gasteiger partial charge in [0, 0.05) is 0 Å². The van der Waals surface area contributed by atoms with Crippen LogP contribution in [0.2, 0.25) is 0 Å². The average molecular weight is 391 g/mol. The predicted molar refractivity (Wildman–Crippen MR) is 99.9 cm³/mol. The van der Waals surface area contributed by atoms with Gasteiger partial charge in [-0.1, -0.05) is 24.3 Å². The molecule has 0 bridgehead atoms. The zero-order valence-electron chi connectivity index (χ0n) is 14.6. The molecule has 2 rings (SSSR count). The molecule has 0 aliphatic carbocycles. The number of methoxy groups -OCH3 is 1. The second-order valence-corrected chi connectivity index (χ2v) is 6.36. The van der Waals surface area contributed by atoms with Gasteiger partial charge in [-0.15, -0.1) is 11.8 Å². The standard InChI is InChI=1S/C19H18FNO5S/c1-25-19(24)14-8-6-13(7-9-14)10-26-18(23)12-27-11-17(22)21-16-5-3-2-4-15(16)20/h2-9H,10-12H2,1H3,(H,21,22). The van der Waals surface area contributed by atoms with E-state index in [1.165, 1.54) is 25.3 Å². The lowest BCUT2D eigenvalue weighted by Crippen LogP contribution is -2.17. The largest absolute Gasteiger partial charge is 0.465 e. The summed E-state index contributed by atoms with van der Waals surface area (Å²) in [7, 11) is 1.30. The fraction of sp³-hybridized carbons (Fsp3) is 0.211. The molecule has 0 atom stereocenters. The number of para-hydroxylation sites is 1. The van der Waals surface area contributed by atoms with Crippen molar-refractivity contribution in [1.29, 1.82) is 0 Å². The van der Waals surface area contributed by atoms with E-state index < -0.39 is 23.7 Å². The fourth-order valence-corrected chi connectivity index (χ4v) is 2.65. The first-order valence-corrected chi connectivity index (χ1v) is 9.10. The maximum Gasteiger partial charge on any atom is 0.337 e. The van der Waals surface area contributed by atoms with E-state index in [9.17, 15) is 18.8 Å². The monoisotopic (exact) mass is 391 g/mol. The number of hydrogen-bond donors (Lipinski definition) is 1. The van der Waals surface area contributed by atoms with Crippen LogP contribution in [0.4, 0.5) is 10.1 Å². The number of amides is 1. The number of carbonyl (C=O) groups is 3. The lowest BCUT2D eigenvalue weighted by Gasteiger charge is -2.07. The Bertz CT molecular complexity index is 810. The maximum absolute atomic E-state index is 13.4. The van der Waals surface area contributed by atoms with Crippen LogP contribution in [0, 0.1) is 5.82 Å². The average Bonchev–Trinajstić information content (AvgIpc) is 2.68. The molecule has 2 aromatic rings. The van der Waals surface area contributed by atoms with Crippen molar-refractivity contribution < 1.29 is 28.2 Å². The van der Waals surface area contributed by atoms with E-state index >= 15 is 0 Å². The molecule has 1 amide bonds. The van der Waals surface area contributed by atoms with Crippen LogP contribution in [0.25, 0.3) is 0 Å². The number of nitrogens with one attached hydrogen (secondary N) is 1. The summed E-state index contributed by atoms with van der Waals surface area (Å²) in [5.41, 5.74) is 1.23. The van der Waals surface area contributed by atoms with Gasteiger partial charge in [0.15, 0.2) is 0 Å². The zero-order chi connectivity index (χ0) is 19.6. The fourth-order valence-electron chi connectivity index (χ4n) is 2.04. The van der Waals surface area contributed by atoms with Crippen molar-refractivity contribution in [1.82, 2.24) is 0 Å². The van der Waals surface area contributed by atoms with Gasteiger partial charge in [-0.2, -0.15) is 0 Å². The van der Waals surface area contributed by atoms with E-state index in [4.69, 9.17) is 4.74 Å². The molecule has 0 aliphatic rings. The molecule has 6 nitrogen and oxygen atoms in total. The minimum absolute atomic E-state index is 0.00272. The number of hydrogen-bond acceptors (Lipinski definition) is 6. The summed E-state index contributed by atoms with van der Waals surface area (Å²) in [6, 6.07) is 12.3. The third-order valence-electron chi connectivity index (χ3n) is 3.38. The lowest BCUT2D eigenvalue weighted by atomic mass is 10.1. The van der Waals surface area contributed by atoms with Gasteiger partial charge in [-0.25, -0.2) is 9.18 Å². The first kappa shape index (κ1) is 20.4. The van der Waals surface area contributed by atoms with Crippen molar-refractivity contribution in [3.8, 4) is 0 Å². The van der Waals surface area contributed by atoms with Crippen molar-refractivity contribution in [2.75, 3.05) is 23.9 Å². The van der Waals surface area contributed by atoms with E-state index in [1.807, 2.05) is 0 Å². The van der Waals surface area contributed by atoms with Crippen molar-refractivity contribution in [3.63, 3.8) is 0 Å². The molecule has 0 saturated carbocycles. The Morgan fingerprint density at radius 1 is 1.04 bits per heavy atom. The summed E-state index contributed by atoms with van der Waals surface area (Å²) in [4.78, 5) is 34.8. The highest BCUT2D eigenvalue weighted by molar-refractivity contribution is 8.00. The zero-order valence-corrected chi connectivity index (χ0v) is 15.4. The number of rotatable bonds is 8. The molecule has 27 heavy (non-hydrogen) atoms. The van der Waals surface area contributed by atoms with Crippen LogP contribution in [0.5, 0.6) is 0 Å². The number of carbonyl (C=O) groups excluding carboxylic acids is 3. The Morgan fingerprint density at radius 3 is 2.41 bits per heavy atom. The molecule has 2 aromatic carbocycles. The molecular weight excluding hydrogens is 373 g/mol. The van der Waals surface area contributed by atoms with Gasteiger partial charge in [0.25, 0.3) is 0 Å². The lowest BCUT2D eigenvalue weighted by molar-refractivity contribution is -0.141. The van der Waals surface area contributed by atoms with Crippen LogP contribution in [-0.2, 0) is 25.7 Å². The quantitative estimate of drug-likeness (QED) is 0.697. The first-order valence-electron chi connectivity index (χ1n) is 7.94. The van der Waals surface area contributed by atoms with Crippen LogP contribution >= 0.6 is 11.8 Å². The molecule has 0 heterocycles. The molecular formula is C19H18FNO5S. The Labute approximate surface area is 160 Å². The molecule has 8 heteroatoms. The van der Waals surface area contributed by atoms with Crippen LogP contribution in [-0.4, -0.2) is 36.5 Å². The molecule has 0 saturated heterocycles. The number of halogens is 1. The summed E-state index contributed by atoms with van der Waals surface area (Å²) < 4.78 is 23.1. The Hall–Kier alpha value is -2.87. The van der Waals surface area contributed by atoms with Gasteiger partial charge in [-0.3, -0.25) is 9.59 Å². The Balaban J connectivity index is 1.68. The van der Waals surface area contributed by atoms with E-state index in [0.717, 1.165) is 17.3 Å². The van der Waals surface area contributed by atoms with Crippen molar-refractivity contribution >= 4 is 35.3 Å². The van der Waals surface area contributed by atoms with Crippen LogP contribution in [0.3, 0.4) is 0 Å². The van der Waals surface area contributed by atoms with Crippen molar-refractivity contribution in [3.05, 3.63) is 65.5 Å². The van der Waals surface area contributed by atoms with Gasteiger partial charge in [0.05, 0.1) is 29.9 Å². The molecule has 0 radical (unpaired) electrons. The summed E-state index contributed by atoms with van der Waals surface area (Å²) in [6.45, 7) is 0.0578. The molecule has 0 spiro atoms. The van der Waals surface area contributed by atoms with Gasteiger partial charge >= 0.3 is 11.9 Å². The normalized spacial score (nSPS) is 10.1. The highest BCUT2D eigenvalue weighted by atomic mass is 32.2. The van der Waals surface area contributed by atoms with E-state index in [-0.39, 0.29) is 23.8 Å². The Morgan fingerprint density at radius 2 is 1.74 bits per heavy atom. The number of ether oxygens (including phenoxy) is 2. The van der Waals surface area contributed by atoms with E-state index in [1.54, 1.807) is 30.3 Å². The summed E-state index contributed by atoms with van der Waals surface area (Å²) in [6.07, 6.45) is 0. The maximum atomic E-state index is 13.4. The first-order chi connectivity index (χ1) is 13.0. The number of thioether (sulfide) groups is 1. The molecule has 142 valence electrons. The summed E-state index contributed by atoms with van der Waals surface area (Å²) in [5, 5.41) is 2.44. The minimum atomic E-state index is -0.520. The Kier molecular flexibility index (Phi) is 7.81. The molecule has 0 aromatic heterocycles. The number of anilines is 1. The summed E-state index contributed by atoms with van der Waals surface area (Å²) in [5.74, 6) is -1.86. The molecule has 0 fully saturated rings. The van der Waals surface area contributed by atoms with Crippen molar-refractivity contribution in [2.45, 2.75) is 6.61 Å². The predicted octanol–water partition coefficient (Wildman–Crippen LogP) is 3.03. The van der Waals surface area contributed by atoms with E-state index in [0.29, 0.717) is 5.56 Å². The third-order valence-corrected chi connectivity index (χ3v) is 4.28. The van der Waals surface area contributed by atoms with Gasteiger partial charge in [0.1, 0.15) is 12.4 Å². The summed E-state index contributed by atoms with van der Waals surface area (Å²) >= 11 is 1.07. The molecule has 0 aliphatic heterocycles. The number of benzene rings is 2. The van der Waals surface area contributed by atoms with E-state index in [2.05, 4.69) is 10.1 Å². The van der Waals surface area contributed by atoms with Gasteiger partial charge in [-0.05, 0) is 29.8 Å².